The molecule has 0 saturated heterocycles. The van der Waals surface area contributed by atoms with Crippen molar-refractivity contribution in [2.75, 3.05) is 24.7 Å². The molecule has 1 atom stereocenters. The molecule has 0 bridgehead atoms. The fourth-order valence-electron chi connectivity index (χ4n) is 4.26. The second-order valence-electron chi connectivity index (χ2n) is 8.86. The number of benzene rings is 1. The summed E-state index contributed by atoms with van der Waals surface area (Å²) in [6, 6.07) is 5.32. The number of aryl methyl sites for hydroxylation is 1. The van der Waals surface area contributed by atoms with Crippen molar-refractivity contribution in [1.82, 2.24) is 24.7 Å². The Balaban J connectivity index is 1.96. The van der Waals surface area contributed by atoms with E-state index in [-0.39, 0.29) is 6.04 Å². The normalized spacial score (nSPS) is 12.7. The number of rotatable bonds is 7. The first-order valence-corrected chi connectivity index (χ1v) is 11.8. The Morgan fingerprint density at radius 2 is 2.00 bits per heavy atom. The van der Waals surface area contributed by atoms with Crippen molar-refractivity contribution in [2.24, 2.45) is 0 Å². The number of aliphatic hydroxyl groups is 1. The smallest absolute Gasteiger partial charge is 0.164 e. The Morgan fingerprint density at radius 3 is 2.60 bits per heavy atom. The van der Waals surface area contributed by atoms with Gasteiger partial charge in [0.15, 0.2) is 5.65 Å². The van der Waals surface area contributed by atoms with Crippen molar-refractivity contribution in [3.8, 4) is 16.9 Å². The number of ether oxygens (including phenoxy) is 1. The van der Waals surface area contributed by atoms with Crippen LogP contribution in [0.3, 0.4) is 0 Å². The van der Waals surface area contributed by atoms with E-state index < -0.39 is 5.60 Å². The molecular formula is C25H30ClN7O2. The molecule has 4 rings (SSSR count). The number of aromatic nitrogens is 5. The molecule has 0 aliphatic rings. The van der Waals surface area contributed by atoms with Gasteiger partial charge in [-0.3, -0.25) is 4.98 Å². The van der Waals surface area contributed by atoms with E-state index in [0.717, 1.165) is 33.5 Å². The van der Waals surface area contributed by atoms with Crippen LogP contribution in [-0.4, -0.2) is 43.5 Å². The first-order chi connectivity index (χ1) is 16.6. The summed E-state index contributed by atoms with van der Waals surface area (Å²) in [7, 11) is 1.81. The second-order valence-corrected chi connectivity index (χ2v) is 9.27. The molecule has 184 valence electrons. The molecule has 35 heavy (non-hydrogen) atoms. The Labute approximate surface area is 209 Å². The largest absolute Gasteiger partial charge is 0.493 e. The number of anilines is 2. The van der Waals surface area contributed by atoms with Crippen LogP contribution < -0.4 is 15.8 Å². The zero-order valence-electron chi connectivity index (χ0n) is 20.7. The highest BCUT2D eigenvalue weighted by atomic mass is 35.5. The van der Waals surface area contributed by atoms with Gasteiger partial charge in [-0.15, -0.1) is 0 Å². The number of nitrogens with two attached hydrogens (primary N) is 1. The van der Waals surface area contributed by atoms with Crippen LogP contribution in [0.5, 0.6) is 5.75 Å². The summed E-state index contributed by atoms with van der Waals surface area (Å²) in [4.78, 5) is 13.0. The van der Waals surface area contributed by atoms with Crippen LogP contribution in [0.1, 0.15) is 50.7 Å². The summed E-state index contributed by atoms with van der Waals surface area (Å²) in [5.74, 6) is 1.05. The number of hydrogen-bond acceptors (Lipinski definition) is 8. The van der Waals surface area contributed by atoms with Gasteiger partial charge >= 0.3 is 0 Å². The van der Waals surface area contributed by atoms with E-state index in [4.69, 9.17) is 27.2 Å². The fourth-order valence-corrected chi connectivity index (χ4v) is 4.56. The molecule has 4 N–H and O–H groups in total. The summed E-state index contributed by atoms with van der Waals surface area (Å²) in [6.07, 6.45) is 3.15. The summed E-state index contributed by atoms with van der Waals surface area (Å²) >= 11 is 6.79. The number of nitrogens with zero attached hydrogens (tertiary/aromatic N) is 5. The maximum absolute atomic E-state index is 10.3. The predicted molar refractivity (Wildman–Crippen MR) is 139 cm³/mol. The first-order valence-electron chi connectivity index (χ1n) is 11.4. The number of hydrogen-bond donors (Lipinski definition) is 3. The maximum Gasteiger partial charge on any atom is 0.164 e. The Kier molecular flexibility index (Phi) is 6.57. The molecule has 0 aliphatic heterocycles. The second kappa shape index (κ2) is 9.31. The molecular weight excluding hydrogens is 466 g/mol. The average Bonchev–Trinajstić information content (AvgIpc) is 3.16. The lowest BCUT2D eigenvalue weighted by atomic mass is 9.95. The highest BCUT2D eigenvalue weighted by molar-refractivity contribution is 6.34. The van der Waals surface area contributed by atoms with Crippen LogP contribution in [-0.2, 0) is 5.60 Å². The van der Waals surface area contributed by atoms with Gasteiger partial charge in [-0.2, -0.15) is 5.10 Å². The lowest BCUT2D eigenvalue weighted by Gasteiger charge is -2.24. The molecule has 0 amide bonds. The van der Waals surface area contributed by atoms with Crippen molar-refractivity contribution in [1.29, 1.82) is 0 Å². The Bertz CT molecular complexity index is 1380. The SMILES string of the molecule is CCOc1c(C(C)n2nc(C)c3c(N)ncnc32)cc(Cl)c(NC)c1-c1ccc(C(C)(C)O)nc1. The molecule has 0 aliphatic carbocycles. The van der Waals surface area contributed by atoms with E-state index in [1.54, 1.807) is 26.1 Å². The minimum atomic E-state index is -1.05. The molecule has 0 saturated carbocycles. The van der Waals surface area contributed by atoms with E-state index in [1.807, 2.05) is 44.6 Å². The van der Waals surface area contributed by atoms with Crippen molar-refractivity contribution in [3.05, 3.63) is 52.7 Å². The standard InChI is InChI=1S/C25H30ClN7O2/c1-7-35-22-16(14(3)33-24-19(13(2)32-33)23(27)30-12-31-24)10-17(26)21(28-6)20(22)15-8-9-18(29-11-15)25(4,5)34/h8-12,14,28,34H,7H2,1-6H3,(H2,27,30,31). The predicted octanol–water partition coefficient (Wildman–Crippen LogP) is 4.71. The monoisotopic (exact) mass is 495 g/mol. The van der Waals surface area contributed by atoms with Gasteiger partial charge < -0.3 is 20.9 Å². The van der Waals surface area contributed by atoms with E-state index in [9.17, 15) is 5.11 Å². The summed E-state index contributed by atoms with van der Waals surface area (Å²) in [5, 5.41) is 19.5. The molecule has 1 unspecified atom stereocenters. The quantitative estimate of drug-likeness (QED) is 0.336. The average molecular weight is 496 g/mol. The summed E-state index contributed by atoms with van der Waals surface area (Å²) < 4.78 is 8.04. The van der Waals surface area contributed by atoms with E-state index in [2.05, 4.69) is 20.3 Å². The van der Waals surface area contributed by atoms with E-state index in [0.29, 0.717) is 34.5 Å². The third-order valence-corrected chi connectivity index (χ3v) is 6.29. The van der Waals surface area contributed by atoms with Crippen LogP contribution in [0.4, 0.5) is 11.5 Å². The molecule has 3 heterocycles. The molecule has 0 radical (unpaired) electrons. The van der Waals surface area contributed by atoms with E-state index in [1.165, 1.54) is 6.33 Å². The lowest BCUT2D eigenvalue weighted by molar-refractivity contribution is 0.0739. The fraction of sp³-hybridized carbons (Fsp3) is 0.360. The third-order valence-electron chi connectivity index (χ3n) is 5.99. The zero-order chi connectivity index (χ0) is 25.5. The highest BCUT2D eigenvalue weighted by Crippen LogP contribution is 2.46. The number of nitrogens with one attached hydrogen (secondary N) is 1. The molecule has 4 aromatic rings. The topological polar surface area (TPSA) is 124 Å². The molecule has 10 heteroatoms. The van der Waals surface area contributed by atoms with Gasteiger partial charge in [-0.05, 0) is 46.8 Å². The van der Waals surface area contributed by atoms with Crippen LogP contribution >= 0.6 is 11.6 Å². The minimum absolute atomic E-state index is 0.284. The van der Waals surface area contributed by atoms with Gasteiger partial charge in [0.2, 0.25) is 0 Å². The van der Waals surface area contributed by atoms with Crippen molar-refractivity contribution >= 4 is 34.1 Å². The minimum Gasteiger partial charge on any atom is -0.493 e. The maximum atomic E-state index is 10.3. The first kappa shape index (κ1) is 24.7. The molecule has 0 fully saturated rings. The van der Waals surface area contributed by atoms with Crippen molar-refractivity contribution in [2.45, 2.75) is 46.3 Å². The molecule has 1 aromatic carbocycles. The van der Waals surface area contributed by atoms with Gasteiger partial charge in [0.05, 0.1) is 45.7 Å². The number of halogens is 1. The molecule has 0 spiro atoms. The number of fused-ring (bicyclic) bond motifs is 1. The van der Waals surface area contributed by atoms with Gasteiger partial charge in [0.25, 0.3) is 0 Å². The van der Waals surface area contributed by atoms with E-state index >= 15 is 0 Å². The molecule has 3 aromatic heterocycles. The van der Waals surface area contributed by atoms with Gasteiger partial charge in [0.1, 0.15) is 23.5 Å². The number of pyridine rings is 1. The van der Waals surface area contributed by atoms with Gasteiger partial charge in [0, 0.05) is 24.4 Å². The molecule has 9 nitrogen and oxygen atoms in total. The zero-order valence-corrected chi connectivity index (χ0v) is 21.5. The Morgan fingerprint density at radius 1 is 1.26 bits per heavy atom. The Hall–Kier alpha value is -3.43. The van der Waals surface area contributed by atoms with Crippen molar-refractivity contribution < 1.29 is 9.84 Å². The van der Waals surface area contributed by atoms with Gasteiger partial charge in [-0.25, -0.2) is 14.6 Å². The lowest BCUT2D eigenvalue weighted by Crippen LogP contribution is -2.17. The van der Waals surface area contributed by atoms with Crippen LogP contribution in [0, 0.1) is 6.92 Å². The third kappa shape index (κ3) is 4.37. The summed E-state index contributed by atoms with van der Waals surface area (Å²) in [6.45, 7) is 9.67. The van der Waals surface area contributed by atoms with Gasteiger partial charge in [-0.1, -0.05) is 17.7 Å². The highest BCUT2D eigenvalue weighted by Gasteiger charge is 2.27. The number of nitrogen functional groups attached to an aromatic ring is 1. The summed E-state index contributed by atoms with van der Waals surface area (Å²) in [5.41, 5.74) is 10.1. The van der Waals surface area contributed by atoms with Crippen LogP contribution in [0.2, 0.25) is 5.02 Å². The van der Waals surface area contributed by atoms with Crippen LogP contribution in [0.25, 0.3) is 22.2 Å². The van der Waals surface area contributed by atoms with Crippen LogP contribution in [0.15, 0.2) is 30.7 Å². The van der Waals surface area contributed by atoms with Crippen molar-refractivity contribution in [3.63, 3.8) is 0 Å².